The summed E-state index contributed by atoms with van der Waals surface area (Å²) in [5.41, 5.74) is 12.0. The summed E-state index contributed by atoms with van der Waals surface area (Å²) in [7, 11) is 0. The lowest BCUT2D eigenvalue weighted by molar-refractivity contribution is 0.00891. The second kappa shape index (κ2) is 4.40. The van der Waals surface area contributed by atoms with E-state index in [9.17, 15) is 10.2 Å². The number of aliphatic hydroxyl groups is 2. The number of piperazine rings is 1. The van der Waals surface area contributed by atoms with Crippen molar-refractivity contribution in [2.75, 3.05) is 6.54 Å². The number of aliphatic imine (C=N–C) groups is 1. The van der Waals surface area contributed by atoms with Crippen LogP contribution in [0.3, 0.4) is 0 Å². The molecule has 2 aliphatic rings. The van der Waals surface area contributed by atoms with Crippen LogP contribution in [0.5, 0.6) is 0 Å². The molecule has 8 heteroatoms. The Labute approximate surface area is 98.8 Å². The molecule has 0 aromatic rings. The monoisotopic (exact) mass is 242 g/mol. The standard InChI is InChI=1S/C9H18N6O2/c1-3(16)6(17)4-2-12-8-5(13-4)7(10)14-9(11)15-8/h3-4,6,9,13-14,16-17H,2,10-11H2,1H3,(H,12,15). The summed E-state index contributed by atoms with van der Waals surface area (Å²) in [6, 6.07) is -0.335. The Kier molecular flexibility index (Phi) is 3.09. The van der Waals surface area contributed by atoms with Gasteiger partial charge in [-0.3, -0.25) is 5.73 Å². The molecule has 8 nitrogen and oxygen atoms in total. The lowest BCUT2D eigenvalue weighted by Gasteiger charge is -2.36. The number of nitrogens with zero attached hydrogens (tertiary/aromatic N) is 1. The summed E-state index contributed by atoms with van der Waals surface area (Å²) in [5.74, 6) is 0.945. The molecular weight excluding hydrogens is 224 g/mol. The highest BCUT2D eigenvalue weighted by Gasteiger charge is 2.32. The second-order valence-corrected chi connectivity index (χ2v) is 4.22. The quantitative estimate of drug-likeness (QED) is 0.268. The fourth-order valence-electron chi connectivity index (χ4n) is 1.86. The van der Waals surface area contributed by atoms with Gasteiger partial charge in [-0.15, -0.1) is 0 Å². The minimum atomic E-state index is -0.889. The molecule has 0 aromatic heterocycles. The zero-order valence-corrected chi connectivity index (χ0v) is 9.51. The third-order valence-corrected chi connectivity index (χ3v) is 2.80. The molecule has 9 N–H and O–H groups in total. The minimum Gasteiger partial charge on any atom is -0.391 e. The van der Waals surface area contributed by atoms with Crippen molar-refractivity contribution in [2.24, 2.45) is 16.5 Å². The molecule has 2 heterocycles. The molecule has 4 unspecified atom stereocenters. The number of nitrogens with two attached hydrogens (primary N) is 2. The van der Waals surface area contributed by atoms with Gasteiger partial charge in [-0.05, 0) is 6.92 Å². The van der Waals surface area contributed by atoms with E-state index in [4.69, 9.17) is 11.5 Å². The summed E-state index contributed by atoms with van der Waals surface area (Å²) < 4.78 is 0. The number of fused-ring (bicyclic) bond motifs is 1. The van der Waals surface area contributed by atoms with Crippen molar-refractivity contribution in [1.82, 2.24) is 16.0 Å². The number of hydrogen-bond donors (Lipinski definition) is 7. The van der Waals surface area contributed by atoms with Crippen molar-refractivity contribution in [3.8, 4) is 0 Å². The average molecular weight is 242 g/mol. The lowest BCUT2D eigenvalue weighted by Crippen LogP contribution is -2.61. The van der Waals surface area contributed by atoms with Crippen LogP contribution < -0.4 is 27.4 Å². The Morgan fingerprint density at radius 1 is 1.41 bits per heavy atom. The van der Waals surface area contributed by atoms with Gasteiger partial charge >= 0.3 is 0 Å². The zero-order valence-electron chi connectivity index (χ0n) is 9.51. The molecule has 1 saturated heterocycles. The van der Waals surface area contributed by atoms with Crippen LogP contribution in [0, 0.1) is 0 Å². The number of hydrogen-bond acceptors (Lipinski definition) is 8. The Bertz CT molecular complexity index is 366. The summed E-state index contributed by atoms with van der Waals surface area (Å²) in [6.07, 6.45) is -2.28. The first kappa shape index (κ1) is 12.0. The molecule has 2 aliphatic heterocycles. The van der Waals surface area contributed by atoms with Gasteiger partial charge in [0, 0.05) is 6.54 Å². The Morgan fingerprint density at radius 3 is 2.76 bits per heavy atom. The molecule has 0 radical (unpaired) electrons. The van der Waals surface area contributed by atoms with Gasteiger partial charge in [0.05, 0.1) is 12.1 Å². The van der Waals surface area contributed by atoms with Gasteiger partial charge in [-0.25, -0.2) is 4.99 Å². The first-order valence-electron chi connectivity index (χ1n) is 5.45. The van der Waals surface area contributed by atoms with Crippen molar-refractivity contribution < 1.29 is 10.2 Å². The van der Waals surface area contributed by atoms with Gasteiger partial charge in [0.25, 0.3) is 0 Å². The molecule has 0 aromatic carbocycles. The van der Waals surface area contributed by atoms with E-state index >= 15 is 0 Å². The van der Waals surface area contributed by atoms with E-state index in [0.29, 0.717) is 23.9 Å². The van der Waals surface area contributed by atoms with Crippen LogP contribution >= 0.6 is 0 Å². The molecular formula is C9H18N6O2. The predicted molar refractivity (Wildman–Crippen MR) is 62.4 cm³/mol. The smallest absolute Gasteiger partial charge is 0.174 e. The average Bonchev–Trinajstić information content (AvgIpc) is 2.27. The summed E-state index contributed by atoms with van der Waals surface area (Å²) in [4.78, 5) is 4.12. The number of nitrogens with one attached hydrogen (secondary N) is 3. The van der Waals surface area contributed by atoms with Crippen molar-refractivity contribution in [3.05, 3.63) is 11.5 Å². The highest BCUT2D eigenvalue weighted by atomic mass is 16.3. The van der Waals surface area contributed by atoms with Gasteiger partial charge in [0.2, 0.25) is 0 Å². The molecule has 0 spiro atoms. The first-order valence-corrected chi connectivity index (χ1v) is 5.45. The van der Waals surface area contributed by atoms with E-state index in [1.807, 2.05) is 0 Å². The largest absolute Gasteiger partial charge is 0.391 e. The van der Waals surface area contributed by atoms with E-state index in [-0.39, 0.29) is 6.04 Å². The normalized spacial score (nSPS) is 31.4. The van der Waals surface area contributed by atoms with Gasteiger partial charge < -0.3 is 31.9 Å². The maximum atomic E-state index is 9.78. The van der Waals surface area contributed by atoms with Gasteiger partial charge in [-0.1, -0.05) is 0 Å². The van der Waals surface area contributed by atoms with Gasteiger partial charge in [-0.2, -0.15) is 0 Å². The second-order valence-electron chi connectivity index (χ2n) is 4.22. The highest BCUT2D eigenvalue weighted by Crippen LogP contribution is 2.11. The van der Waals surface area contributed by atoms with E-state index in [0.717, 1.165) is 0 Å². The molecule has 96 valence electrons. The highest BCUT2D eigenvalue weighted by molar-refractivity contribution is 5.99. The van der Waals surface area contributed by atoms with Crippen LogP contribution in [-0.4, -0.2) is 47.1 Å². The Morgan fingerprint density at radius 2 is 2.12 bits per heavy atom. The van der Waals surface area contributed by atoms with Crippen molar-refractivity contribution >= 4 is 5.84 Å². The molecule has 17 heavy (non-hydrogen) atoms. The Hall–Kier alpha value is -1.51. The third kappa shape index (κ3) is 2.28. The van der Waals surface area contributed by atoms with E-state index < -0.39 is 18.5 Å². The van der Waals surface area contributed by atoms with Crippen LogP contribution in [0.4, 0.5) is 0 Å². The van der Waals surface area contributed by atoms with Gasteiger partial charge in [0.1, 0.15) is 17.6 Å². The molecule has 0 bridgehead atoms. The Balaban J connectivity index is 2.14. The fourth-order valence-corrected chi connectivity index (χ4v) is 1.86. The summed E-state index contributed by atoms with van der Waals surface area (Å²) in [5, 5.41) is 28.0. The van der Waals surface area contributed by atoms with Crippen LogP contribution in [-0.2, 0) is 0 Å². The van der Waals surface area contributed by atoms with Crippen LogP contribution in [0.2, 0.25) is 0 Å². The molecule has 2 rings (SSSR count). The number of aliphatic hydroxyl groups excluding tert-OH is 2. The molecule has 4 atom stereocenters. The molecule has 0 aliphatic carbocycles. The number of rotatable bonds is 2. The van der Waals surface area contributed by atoms with Crippen LogP contribution in [0.1, 0.15) is 6.92 Å². The van der Waals surface area contributed by atoms with E-state index in [2.05, 4.69) is 20.9 Å². The minimum absolute atomic E-state index is 0.335. The fraction of sp³-hybridized carbons (Fsp3) is 0.667. The molecule has 1 fully saturated rings. The van der Waals surface area contributed by atoms with Crippen molar-refractivity contribution in [3.63, 3.8) is 0 Å². The SMILES string of the molecule is CC(O)C(O)C1CNC2=NC(N)NC(N)=C2N1. The lowest BCUT2D eigenvalue weighted by atomic mass is 10.0. The van der Waals surface area contributed by atoms with Crippen LogP contribution in [0.25, 0.3) is 0 Å². The predicted octanol–water partition coefficient (Wildman–Crippen LogP) is -3.34. The van der Waals surface area contributed by atoms with E-state index in [1.165, 1.54) is 6.92 Å². The summed E-state index contributed by atoms with van der Waals surface area (Å²) >= 11 is 0. The third-order valence-electron chi connectivity index (χ3n) is 2.80. The maximum absolute atomic E-state index is 9.78. The van der Waals surface area contributed by atoms with Crippen molar-refractivity contribution in [2.45, 2.75) is 31.5 Å². The van der Waals surface area contributed by atoms with Crippen LogP contribution in [0.15, 0.2) is 16.5 Å². The van der Waals surface area contributed by atoms with Gasteiger partial charge in [0.15, 0.2) is 12.1 Å². The zero-order chi connectivity index (χ0) is 12.6. The topological polar surface area (TPSA) is 141 Å². The van der Waals surface area contributed by atoms with Crippen molar-refractivity contribution in [1.29, 1.82) is 0 Å². The molecule has 0 amide bonds. The molecule has 0 saturated carbocycles. The number of amidine groups is 1. The summed E-state index contributed by atoms with van der Waals surface area (Å²) in [6.45, 7) is 1.97. The first-order chi connectivity index (χ1) is 7.99. The van der Waals surface area contributed by atoms with E-state index in [1.54, 1.807) is 0 Å². The maximum Gasteiger partial charge on any atom is 0.174 e.